The van der Waals surface area contributed by atoms with Gasteiger partial charge in [-0.05, 0) is 13.1 Å². The van der Waals surface area contributed by atoms with E-state index in [1.807, 2.05) is 0 Å². The van der Waals surface area contributed by atoms with E-state index in [0.717, 1.165) is 69.4 Å². The molecule has 1 unspecified atom stereocenters. The van der Waals surface area contributed by atoms with Gasteiger partial charge in [0.05, 0.1) is 24.6 Å². The molecule has 114 valence electrons. The zero-order valence-corrected chi connectivity index (χ0v) is 12.6. The summed E-state index contributed by atoms with van der Waals surface area (Å²) in [6.07, 6.45) is 2.09. The molecule has 5 heteroatoms. The van der Waals surface area contributed by atoms with Crippen molar-refractivity contribution < 1.29 is 9.47 Å². The smallest absolute Gasteiger partial charge is 0.127 e. The van der Waals surface area contributed by atoms with Gasteiger partial charge in [-0.15, -0.1) is 0 Å². The molecule has 5 nitrogen and oxygen atoms in total. The molecule has 0 bridgehead atoms. The Balaban J connectivity index is 1.62. The number of nitrogens with two attached hydrogens (primary N) is 1. The van der Waals surface area contributed by atoms with Gasteiger partial charge in [0.25, 0.3) is 0 Å². The first-order chi connectivity index (χ1) is 10.2. The van der Waals surface area contributed by atoms with Crippen molar-refractivity contribution in [1.82, 2.24) is 4.90 Å². The molecule has 2 N–H and O–H groups in total. The molecule has 21 heavy (non-hydrogen) atoms. The summed E-state index contributed by atoms with van der Waals surface area (Å²) >= 11 is 0. The number of fused-ring (bicyclic) bond motifs is 1. The van der Waals surface area contributed by atoms with Crippen LogP contribution in [0, 0.1) is 0 Å². The van der Waals surface area contributed by atoms with Gasteiger partial charge in [-0.2, -0.15) is 0 Å². The summed E-state index contributed by atoms with van der Waals surface area (Å²) in [4.78, 5) is 4.65. The van der Waals surface area contributed by atoms with E-state index >= 15 is 0 Å². The van der Waals surface area contributed by atoms with Crippen molar-refractivity contribution in [3.8, 4) is 5.75 Å². The van der Waals surface area contributed by atoms with Crippen molar-refractivity contribution in [2.75, 3.05) is 57.1 Å². The lowest BCUT2D eigenvalue weighted by molar-refractivity contribution is 0.106. The highest BCUT2D eigenvalue weighted by Crippen LogP contribution is 2.43. The summed E-state index contributed by atoms with van der Waals surface area (Å²) in [7, 11) is 2.16. The third-order valence-corrected chi connectivity index (χ3v) is 4.91. The molecule has 0 saturated carbocycles. The molecule has 0 aromatic heterocycles. The minimum atomic E-state index is -0.0207. The third kappa shape index (κ3) is 2.24. The maximum Gasteiger partial charge on any atom is 0.127 e. The Labute approximate surface area is 125 Å². The van der Waals surface area contributed by atoms with Crippen LogP contribution in [0.2, 0.25) is 0 Å². The summed E-state index contributed by atoms with van der Waals surface area (Å²) in [5, 5.41) is 0. The lowest BCUT2D eigenvalue weighted by Crippen LogP contribution is -2.37. The molecule has 0 amide bonds. The Kier molecular flexibility index (Phi) is 3.01. The van der Waals surface area contributed by atoms with Crippen molar-refractivity contribution in [3.63, 3.8) is 0 Å². The van der Waals surface area contributed by atoms with E-state index < -0.39 is 0 Å². The van der Waals surface area contributed by atoms with Crippen LogP contribution in [0.3, 0.4) is 0 Å². The summed E-state index contributed by atoms with van der Waals surface area (Å²) in [5.41, 5.74) is 9.49. The number of ether oxygens (including phenoxy) is 2. The van der Waals surface area contributed by atoms with E-state index in [1.165, 1.54) is 5.56 Å². The SMILES string of the molecule is CN1CCC2(Cc3cc(N)c(N4CCOCC4)cc3O2)C1. The van der Waals surface area contributed by atoms with Crippen LogP contribution in [0.15, 0.2) is 12.1 Å². The third-order valence-electron chi connectivity index (χ3n) is 4.91. The number of nitrogens with zero attached hydrogens (tertiary/aromatic N) is 2. The molecular formula is C16H23N3O2. The molecule has 1 atom stereocenters. The number of morpholine rings is 1. The normalized spacial score (nSPS) is 28.9. The summed E-state index contributed by atoms with van der Waals surface area (Å²) in [6, 6.07) is 4.26. The second-order valence-corrected chi connectivity index (χ2v) is 6.57. The minimum Gasteiger partial charge on any atom is -0.485 e. The van der Waals surface area contributed by atoms with Crippen molar-refractivity contribution in [2.24, 2.45) is 0 Å². The fraction of sp³-hybridized carbons (Fsp3) is 0.625. The highest BCUT2D eigenvalue weighted by molar-refractivity contribution is 5.72. The first kappa shape index (κ1) is 13.2. The molecule has 3 heterocycles. The molecule has 3 aliphatic rings. The zero-order valence-electron chi connectivity index (χ0n) is 12.6. The van der Waals surface area contributed by atoms with Crippen molar-refractivity contribution in [2.45, 2.75) is 18.4 Å². The first-order valence-electron chi connectivity index (χ1n) is 7.78. The molecule has 3 aliphatic heterocycles. The van der Waals surface area contributed by atoms with E-state index in [1.54, 1.807) is 0 Å². The predicted octanol–water partition coefficient (Wildman–Crippen LogP) is 1.11. The molecule has 2 saturated heterocycles. The number of anilines is 2. The Hall–Kier alpha value is -1.46. The summed E-state index contributed by atoms with van der Waals surface area (Å²) in [5.74, 6) is 1.03. The Bertz CT molecular complexity index is 557. The van der Waals surface area contributed by atoms with Crippen molar-refractivity contribution >= 4 is 11.4 Å². The number of hydrogen-bond donors (Lipinski definition) is 1. The lowest BCUT2D eigenvalue weighted by atomic mass is 9.96. The number of likely N-dealkylation sites (tertiary alicyclic amines) is 1. The van der Waals surface area contributed by atoms with Gasteiger partial charge in [-0.1, -0.05) is 0 Å². The lowest BCUT2D eigenvalue weighted by Gasteiger charge is -2.30. The van der Waals surface area contributed by atoms with E-state index in [9.17, 15) is 0 Å². The maximum absolute atomic E-state index is 6.36. The predicted molar refractivity (Wildman–Crippen MR) is 83.1 cm³/mol. The molecule has 1 spiro atoms. The Morgan fingerprint density at radius 3 is 2.71 bits per heavy atom. The fourth-order valence-electron chi connectivity index (χ4n) is 3.83. The number of benzene rings is 1. The topological polar surface area (TPSA) is 51.0 Å². The quantitative estimate of drug-likeness (QED) is 0.785. The maximum atomic E-state index is 6.36. The molecule has 4 rings (SSSR count). The molecule has 0 aliphatic carbocycles. The second-order valence-electron chi connectivity index (χ2n) is 6.57. The molecule has 1 aromatic carbocycles. The average molecular weight is 289 g/mol. The Morgan fingerprint density at radius 2 is 2.00 bits per heavy atom. The minimum absolute atomic E-state index is 0.0207. The van der Waals surface area contributed by atoms with Crippen LogP contribution in [0.4, 0.5) is 11.4 Å². The van der Waals surface area contributed by atoms with Gasteiger partial charge in [0.2, 0.25) is 0 Å². The van der Waals surface area contributed by atoms with Gasteiger partial charge >= 0.3 is 0 Å². The summed E-state index contributed by atoms with van der Waals surface area (Å²) in [6.45, 7) is 5.46. The second kappa shape index (κ2) is 4.78. The van der Waals surface area contributed by atoms with E-state index in [-0.39, 0.29) is 5.60 Å². The Morgan fingerprint density at radius 1 is 1.19 bits per heavy atom. The molecule has 2 fully saturated rings. The highest BCUT2D eigenvalue weighted by atomic mass is 16.5. The zero-order chi connectivity index (χ0) is 14.4. The molecule has 0 radical (unpaired) electrons. The fourth-order valence-corrected chi connectivity index (χ4v) is 3.83. The van der Waals surface area contributed by atoms with Gasteiger partial charge < -0.3 is 25.0 Å². The van der Waals surface area contributed by atoms with Gasteiger partial charge in [0.1, 0.15) is 11.4 Å². The molecular weight excluding hydrogens is 266 g/mol. The molecule has 1 aromatic rings. The summed E-state index contributed by atoms with van der Waals surface area (Å²) < 4.78 is 11.8. The number of rotatable bonds is 1. The largest absolute Gasteiger partial charge is 0.485 e. The number of likely N-dealkylation sites (N-methyl/N-ethyl adjacent to an activating group) is 1. The van der Waals surface area contributed by atoms with Crippen LogP contribution in [0.25, 0.3) is 0 Å². The van der Waals surface area contributed by atoms with Gasteiger partial charge in [-0.3, -0.25) is 0 Å². The number of hydrogen-bond acceptors (Lipinski definition) is 5. The van der Waals surface area contributed by atoms with E-state index in [2.05, 4.69) is 29.0 Å². The first-order valence-corrected chi connectivity index (χ1v) is 7.78. The van der Waals surface area contributed by atoms with Crippen molar-refractivity contribution in [3.05, 3.63) is 17.7 Å². The van der Waals surface area contributed by atoms with Gasteiger partial charge in [0, 0.05) is 50.7 Å². The van der Waals surface area contributed by atoms with Crippen LogP contribution in [-0.2, 0) is 11.2 Å². The highest BCUT2D eigenvalue weighted by Gasteiger charge is 2.44. The van der Waals surface area contributed by atoms with Crippen LogP contribution < -0.4 is 15.4 Å². The van der Waals surface area contributed by atoms with E-state index in [4.69, 9.17) is 15.2 Å². The average Bonchev–Trinajstić information content (AvgIpc) is 3.01. The monoisotopic (exact) mass is 289 g/mol. The van der Waals surface area contributed by atoms with Crippen LogP contribution >= 0.6 is 0 Å². The van der Waals surface area contributed by atoms with Gasteiger partial charge in [0.15, 0.2) is 0 Å². The van der Waals surface area contributed by atoms with Gasteiger partial charge in [-0.25, -0.2) is 0 Å². The van der Waals surface area contributed by atoms with E-state index in [0.29, 0.717) is 0 Å². The van der Waals surface area contributed by atoms with Crippen LogP contribution in [-0.4, -0.2) is 56.9 Å². The van der Waals surface area contributed by atoms with Crippen LogP contribution in [0.5, 0.6) is 5.75 Å². The standard InChI is InChI=1S/C16H23N3O2/c1-18-3-2-16(11-18)10-12-8-13(17)14(9-15(12)21-16)19-4-6-20-7-5-19/h8-9H,2-7,10-11,17H2,1H3. The van der Waals surface area contributed by atoms with Crippen molar-refractivity contribution in [1.29, 1.82) is 0 Å². The number of nitrogen functional groups attached to an aromatic ring is 1. The van der Waals surface area contributed by atoms with Crippen LogP contribution in [0.1, 0.15) is 12.0 Å².